The number of rotatable bonds is 5. The number of halogens is 1. The zero-order valence-electron chi connectivity index (χ0n) is 21.4. The number of fused-ring (bicyclic) bond motifs is 3. The molecule has 2 aliphatic heterocycles. The first-order valence-corrected chi connectivity index (χ1v) is 13.3. The zero-order chi connectivity index (χ0) is 27.2. The van der Waals surface area contributed by atoms with Gasteiger partial charge in [-0.05, 0) is 47.6 Å². The van der Waals surface area contributed by atoms with Crippen LogP contribution in [0.15, 0.2) is 59.2 Å². The van der Waals surface area contributed by atoms with Gasteiger partial charge in [0.05, 0.1) is 6.42 Å². The Balaban J connectivity index is 1.45. The van der Waals surface area contributed by atoms with Crippen LogP contribution in [-0.4, -0.2) is 58.3 Å². The van der Waals surface area contributed by atoms with Gasteiger partial charge >= 0.3 is 6.17 Å². The Hall–Kier alpha value is -3.77. The molecule has 0 aliphatic carbocycles. The van der Waals surface area contributed by atoms with Crippen LogP contribution < -0.4 is 5.32 Å². The zero-order valence-corrected chi connectivity index (χ0v) is 23.0. The van der Waals surface area contributed by atoms with E-state index in [1.807, 2.05) is 56.3 Å². The van der Waals surface area contributed by atoms with E-state index in [4.69, 9.17) is 6.57 Å². The summed E-state index contributed by atoms with van der Waals surface area (Å²) in [6, 6.07) is 14.1. The van der Waals surface area contributed by atoms with Crippen LogP contribution in [0.2, 0.25) is 0 Å². The summed E-state index contributed by atoms with van der Waals surface area (Å²) < 4.78 is 0.918. The fraction of sp³-hybridized carbons (Fsp3) is 0.345. The number of hydrogen-bond donors (Lipinski definition) is 1. The highest BCUT2D eigenvalue weighted by Gasteiger charge is 2.59. The number of likely N-dealkylation sites (tertiary alicyclic amines) is 1. The minimum absolute atomic E-state index is 0.0987. The molecule has 9 heteroatoms. The molecule has 1 N–H and O–H groups in total. The first kappa shape index (κ1) is 25.9. The van der Waals surface area contributed by atoms with Gasteiger partial charge in [-0.1, -0.05) is 54.0 Å². The van der Waals surface area contributed by atoms with E-state index < -0.39 is 17.6 Å². The molecule has 1 aromatic heterocycles. The summed E-state index contributed by atoms with van der Waals surface area (Å²) in [6.45, 7) is 11.9. The topological polar surface area (TPSA) is 87.0 Å². The molecular formula is C29H28BrN5O3. The van der Waals surface area contributed by atoms with Crippen LogP contribution in [0.3, 0.4) is 0 Å². The molecule has 2 aliphatic rings. The second kappa shape index (κ2) is 9.84. The van der Waals surface area contributed by atoms with Gasteiger partial charge in [-0.2, -0.15) is 0 Å². The third kappa shape index (κ3) is 4.33. The lowest BCUT2D eigenvalue weighted by Crippen LogP contribution is -2.51. The van der Waals surface area contributed by atoms with E-state index >= 15 is 0 Å². The van der Waals surface area contributed by atoms with Crippen LogP contribution in [-0.2, 0) is 15.0 Å². The maximum Gasteiger partial charge on any atom is 0.302 e. The van der Waals surface area contributed by atoms with Crippen LogP contribution >= 0.6 is 15.9 Å². The summed E-state index contributed by atoms with van der Waals surface area (Å²) in [5.74, 6) is -0.778. The molecule has 5 rings (SSSR count). The number of pyridine rings is 1. The predicted octanol–water partition coefficient (Wildman–Crippen LogP) is 4.85. The molecule has 1 fully saturated rings. The highest BCUT2D eigenvalue weighted by atomic mass is 79.9. The molecule has 38 heavy (non-hydrogen) atoms. The van der Waals surface area contributed by atoms with Gasteiger partial charge in [-0.25, -0.2) is 6.57 Å². The predicted molar refractivity (Wildman–Crippen MR) is 148 cm³/mol. The number of anilines is 1. The molecule has 3 aromatic rings. The van der Waals surface area contributed by atoms with Crippen LogP contribution in [0.1, 0.15) is 42.7 Å². The smallest absolute Gasteiger partial charge is 0.302 e. The van der Waals surface area contributed by atoms with Crippen molar-refractivity contribution in [1.82, 2.24) is 14.8 Å². The van der Waals surface area contributed by atoms with Gasteiger partial charge in [0, 0.05) is 35.3 Å². The van der Waals surface area contributed by atoms with Crippen molar-refractivity contribution < 1.29 is 14.4 Å². The van der Waals surface area contributed by atoms with E-state index in [0.717, 1.165) is 26.5 Å². The molecule has 1 saturated heterocycles. The lowest BCUT2D eigenvalue weighted by Gasteiger charge is -2.32. The van der Waals surface area contributed by atoms with E-state index in [9.17, 15) is 14.4 Å². The monoisotopic (exact) mass is 573 g/mol. The lowest BCUT2D eigenvalue weighted by molar-refractivity contribution is -0.136. The van der Waals surface area contributed by atoms with Crippen molar-refractivity contribution in [3.05, 3.63) is 81.9 Å². The Labute approximate surface area is 230 Å². The number of carbonyl (C=O) groups excluding carboxylic acids is 3. The van der Waals surface area contributed by atoms with Gasteiger partial charge in [0.2, 0.25) is 5.91 Å². The van der Waals surface area contributed by atoms with Gasteiger partial charge in [0.1, 0.15) is 17.2 Å². The van der Waals surface area contributed by atoms with Gasteiger partial charge in [-0.3, -0.25) is 29.1 Å². The summed E-state index contributed by atoms with van der Waals surface area (Å²) in [6.07, 6.45) is 1.49. The highest BCUT2D eigenvalue weighted by Crippen LogP contribution is 2.47. The Kier molecular flexibility index (Phi) is 6.70. The van der Waals surface area contributed by atoms with Gasteiger partial charge in [0.15, 0.2) is 0 Å². The summed E-state index contributed by atoms with van der Waals surface area (Å²) in [4.78, 5) is 51.8. The standard InChI is InChI=1S/C29H28BrN5O3/c1-17(2)11-24(34(4)26(36)23-13-18-9-10-20(30)12-19(18)15-32-23)27(37)35-16-29(14-25(35)31-3)21-7-5-6-8-22(21)33-28(29)38/h5-10,12-13,15,17,24-25H,11,14,16H2,1-2,4H3,(H,33,38)/t24-,25-,29-/m0/s1. The Morgan fingerprint density at radius 1 is 1.24 bits per heavy atom. The summed E-state index contributed by atoms with van der Waals surface area (Å²) in [5.41, 5.74) is 0.801. The van der Waals surface area contributed by atoms with E-state index in [0.29, 0.717) is 6.42 Å². The fourth-order valence-corrected chi connectivity index (χ4v) is 5.95. The van der Waals surface area contributed by atoms with E-state index in [1.165, 1.54) is 9.80 Å². The van der Waals surface area contributed by atoms with Gasteiger partial charge < -0.3 is 10.2 Å². The molecule has 3 heterocycles. The average molecular weight is 574 g/mol. The minimum Gasteiger partial charge on any atom is -0.328 e. The van der Waals surface area contributed by atoms with E-state index in [2.05, 4.69) is 31.1 Å². The summed E-state index contributed by atoms with van der Waals surface area (Å²) in [7, 11) is 1.61. The average Bonchev–Trinajstić information content (AvgIpc) is 3.43. The van der Waals surface area contributed by atoms with Crippen molar-refractivity contribution in [3.8, 4) is 0 Å². The Bertz CT molecular complexity index is 1500. The number of benzene rings is 2. The van der Waals surface area contributed by atoms with Crippen molar-refractivity contribution in [2.24, 2.45) is 5.92 Å². The van der Waals surface area contributed by atoms with Crippen molar-refractivity contribution in [2.45, 2.75) is 44.3 Å². The van der Waals surface area contributed by atoms with Crippen LogP contribution in [0.4, 0.5) is 5.69 Å². The van der Waals surface area contributed by atoms with Crippen molar-refractivity contribution in [2.75, 3.05) is 18.9 Å². The maximum atomic E-state index is 14.1. The normalized spacial score (nSPS) is 20.9. The number of likely N-dealkylation sites (N-methyl/N-ethyl adjacent to an activating group) is 1. The first-order chi connectivity index (χ1) is 18.1. The molecule has 3 amide bonds. The second-order valence-corrected chi connectivity index (χ2v) is 11.4. The third-order valence-electron chi connectivity index (χ3n) is 7.56. The minimum atomic E-state index is -0.972. The fourth-order valence-electron chi connectivity index (χ4n) is 5.57. The molecule has 3 atom stereocenters. The maximum absolute atomic E-state index is 14.1. The van der Waals surface area contributed by atoms with Crippen LogP contribution in [0.25, 0.3) is 15.6 Å². The number of carbonyl (C=O) groups is 3. The van der Waals surface area contributed by atoms with Gasteiger partial charge in [-0.15, -0.1) is 0 Å². The molecule has 0 bridgehead atoms. The molecule has 1 spiro atoms. The number of aromatic nitrogens is 1. The van der Waals surface area contributed by atoms with Crippen LogP contribution in [0.5, 0.6) is 0 Å². The Morgan fingerprint density at radius 2 is 2.00 bits per heavy atom. The molecule has 8 nitrogen and oxygen atoms in total. The number of amides is 3. The molecule has 0 saturated carbocycles. The molecule has 2 aromatic carbocycles. The summed E-state index contributed by atoms with van der Waals surface area (Å²) in [5, 5.41) is 4.68. The molecule has 194 valence electrons. The van der Waals surface area contributed by atoms with Gasteiger partial charge in [0.25, 0.3) is 11.8 Å². The van der Waals surface area contributed by atoms with E-state index in [-0.39, 0.29) is 42.3 Å². The number of hydrogen-bond acceptors (Lipinski definition) is 4. The SMILES string of the molecule is [C-]#[N+][C@@H]1C[C@@]2(CN1C(=O)[C@H](CC(C)C)N(C)C(=O)c1cc3ccc(Br)cc3cn1)C(=O)Nc1ccccc12. The lowest BCUT2D eigenvalue weighted by atomic mass is 9.80. The first-order valence-electron chi connectivity index (χ1n) is 12.5. The van der Waals surface area contributed by atoms with Crippen molar-refractivity contribution in [1.29, 1.82) is 0 Å². The third-order valence-corrected chi connectivity index (χ3v) is 8.05. The van der Waals surface area contributed by atoms with Crippen molar-refractivity contribution in [3.63, 3.8) is 0 Å². The summed E-state index contributed by atoms with van der Waals surface area (Å²) >= 11 is 3.45. The number of nitrogens with one attached hydrogen (secondary N) is 1. The molecule has 0 radical (unpaired) electrons. The highest BCUT2D eigenvalue weighted by molar-refractivity contribution is 9.10. The molecular weight excluding hydrogens is 546 g/mol. The number of para-hydroxylation sites is 1. The number of nitrogens with zero attached hydrogens (tertiary/aromatic N) is 4. The van der Waals surface area contributed by atoms with Crippen LogP contribution in [0, 0.1) is 12.5 Å². The van der Waals surface area contributed by atoms with Crippen molar-refractivity contribution >= 4 is 50.1 Å². The second-order valence-electron chi connectivity index (χ2n) is 10.5. The molecule has 0 unspecified atom stereocenters. The van der Waals surface area contributed by atoms with E-state index in [1.54, 1.807) is 19.3 Å². The largest absolute Gasteiger partial charge is 0.328 e. The Morgan fingerprint density at radius 3 is 2.74 bits per heavy atom. The quantitative estimate of drug-likeness (QED) is 0.442.